The summed E-state index contributed by atoms with van der Waals surface area (Å²) in [6.45, 7) is 1.96. The Hall–Kier alpha value is -2.45. The molecule has 3 heterocycles. The molecule has 0 radical (unpaired) electrons. The molecular weight excluding hydrogens is 366 g/mol. The van der Waals surface area contributed by atoms with Gasteiger partial charge in [0.2, 0.25) is 0 Å². The van der Waals surface area contributed by atoms with Crippen molar-refractivity contribution in [2.24, 2.45) is 5.10 Å². The number of hydrogen-bond donors (Lipinski definition) is 0. The van der Waals surface area contributed by atoms with Gasteiger partial charge in [-0.2, -0.15) is 5.10 Å². The van der Waals surface area contributed by atoms with Crippen molar-refractivity contribution in [3.63, 3.8) is 0 Å². The highest BCUT2D eigenvalue weighted by atomic mass is 32.1. The first-order valence-electron chi connectivity index (χ1n) is 8.80. The summed E-state index contributed by atoms with van der Waals surface area (Å²) < 4.78 is 10.3. The maximum Gasteiger partial charge on any atom is 0.323 e. The van der Waals surface area contributed by atoms with Gasteiger partial charge < -0.3 is 9.15 Å². The first-order chi connectivity index (χ1) is 13.0. The summed E-state index contributed by atoms with van der Waals surface area (Å²) in [5.74, 6) is 0.157. The van der Waals surface area contributed by atoms with E-state index in [0.29, 0.717) is 18.6 Å². The Bertz CT molecular complexity index is 801. The van der Waals surface area contributed by atoms with E-state index < -0.39 is 6.04 Å². The van der Waals surface area contributed by atoms with Gasteiger partial charge in [-0.25, -0.2) is 5.01 Å². The third-order valence-electron chi connectivity index (χ3n) is 4.62. The Morgan fingerprint density at radius 1 is 1.44 bits per heavy atom. The van der Waals surface area contributed by atoms with Crippen LogP contribution in [0.1, 0.15) is 36.4 Å². The Labute approximate surface area is 162 Å². The molecule has 3 rings (SSSR count). The van der Waals surface area contributed by atoms with Crippen LogP contribution in [0.25, 0.3) is 0 Å². The molecule has 0 saturated heterocycles. The van der Waals surface area contributed by atoms with Crippen molar-refractivity contribution in [1.82, 2.24) is 9.91 Å². The van der Waals surface area contributed by atoms with Gasteiger partial charge in [0.1, 0.15) is 17.5 Å². The molecule has 1 aliphatic rings. The van der Waals surface area contributed by atoms with Crippen molar-refractivity contribution in [3.05, 3.63) is 46.5 Å². The van der Waals surface area contributed by atoms with Gasteiger partial charge >= 0.3 is 5.97 Å². The molecule has 144 valence electrons. The van der Waals surface area contributed by atoms with E-state index in [0.717, 1.165) is 10.6 Å². The van der Waals surface area contributed by atoms with E-state index in [-0.39, 0.29) is 24.5 Å². The second kappa shape index (κ2) is 8.49. The van der Waals surface area contributed by atoms with Crippen LogP contribution in [0.4, 0.5) is 0 Å². The van der Waals surface area contributed by atoms with Crippen molar-refractivity contribution in [2.45, 2.75) is 31.8 Å². The van der Waals surface area contributed by atoms with Gasteiger partial charge in [-0.1, -0.05) is 13.0 Å². The van der Waals surface area contributed by atoms with E-state index in [4.69, 9.17) is 9.15 Å². The number of hydrazone groups is 1. The lowest BCUT2D eigenvalue weighted by Gasteiger charge is -2.27. The molecule has 2 aromatic heterocycles. The molecule has 2 aromatic rings. The predicted molar refractivity (Wildman–Crippen MR) is 102 cm³/mol. The number of thiophene rings is 1. The van der Waals surface area contributed by atoms with E-state index in [1.54, 1.807) is 35.6 Å². The average molecular weight is 389 g/mol. The Balaban J connectivity index is 1.80. The highest BCUT2D eigenvalue weighted by Crippen LogP contribution is 2.35. The van der Waals surface area contributed by atoms with Crippen LogP contribution >= 0.6 is 11.3 Å². The predicted octanol–water partition coefficient (Wildman–Crippen LogP) is 2.90. The maximum absolute atomic E-state index is 13.0. The summed E-state index contributed by atoms with van der Waals surface area (Å²) in [5.41, 5.74) is 0.745. The minimum Gasteiger partial charge on any atom is -0.468 e. The lowest BCUT2D eigenvalue weighted by molar-refractivity contribution is -0.147. The normalized spacial score (nSPS) is 17.9. The summed E-state index contributed by atoms with van der Waals surface area (Å²) in [5, 5.41) is 8.05. The Morgan fingerprint density at radius 2 is 2.26 bits per heavy atom. The van der Waals surface area contributed by atoms with E-state index in [2.05, 4.69) is 5.10 Å². The number of methoxy groups -OCH3 is 1. The number of likely N-dealkylation sites (N-methyl/N-ethyl adjacent to an activating group) is 1. The molecule has 0 aliphatic carbocycles. The molecular formula is C19H23N3O4S. The van der Waals surface area contributed by atoms with Crippen molar-refractivity contribution in [2.75, 3.05) is 20.7 Å². The molecule has 0 fully saturated rings. The minimum absolute atomic E-state index is 0.0738. The molecule has 7 nitrogen and oxygen atoms in total. The number of ether oxygens (including phenoxy) is 1. The summed E-state index contributed by atoms with van der Waals surface area (Å²) in [7, 11) is 3.10. The fourth-order valence-electron chi connectivity index (χ4n) is 3.22. The highest BCUT2D eigenvalue weighted by Gasteiger charge is 2.36. The molecule has 0 spiro atoms. The molecule has 27 heavy (non-hydrogen) atoms. The van der Waals surface area contributed by atoms with E-state index in [9.17, 15) is 9.59 Å². The third-order valence-corrected chi connectivity index (χ3v) is 5.59. The van der Waals surface area contributed by atoms with Crippen LogP contribution < -0.4 is 0 Å². The average Bonchev–Trinajstić information content (AvgIpc) is 3.41. The van der Waals surface area contributed by atoms with E-state index in [1.807, 2.05) is 30.5 Å². The van der Waals surface area contributed by atoms with Gasteiger partial charge in [-0.3, -0.25) is 14.5 Å². The minimum atomic E-state index is -0.463. The lowest BCUT2D eigenvalue weighted by atomic mass is 10.1. The number of carbonyl (C=O) groups excluding carboxylic acids is 2. The van der Waals surface area contributed by atoms with Crippen LogP contribution in [0.5, 0.6) is 0 Å². The number of esters is 1. The van der Waals surface area contributed by atoms with Gasteiger partial charge in [0.15, 0.2) is 0 Å². The highest BCUT2D eigenvalue weighted by molar-refractivity contribution is 7.10. The van der Waals surface area contributed by atoms with Crippen LogP contribution in [0.2, 0.25) is 0 Å². The lowest BCUT2D eigenvalue weighted by Crippen LogP contribution is -2.44. The first-order valence-corrected chi connectivity index (χ1v) is 9.68. The number of furan rings is 1. The van der Waals surface area contributed by atoms with Crippen molar-refractivity contribution < 1.29 is 18.7 Å². The van der Waals surface area contributed by atoms with Crippen LogP contribution in [-0.2, 0) is 14.3 Å². The number of carbonyl (C=O) groups is 2. The number of nitrogens with zero attached hydrogens (tertiary/aromatic N) is 3. The molecule has 0 unspecified atom stereocenters. The molecule has 1 amide bonds. The zero-order valence-corrected chi connectivity index (χ0v) is 16.4. The number of rotatable bonds is 7. The fourth-order valence-corrected chi connectivity index (χ4v) is 4.04. The van der Waals surface area contributed by atoms with Gasteiger partial charge in [0, 0.05) is 11.3 Å². The van der Waals surface area contributed by atoms with Gasteiger partial charge in [-0.05, 0) is 37.0 Å². The van der Waals surface area contributed by atoms with Crippen molar-refractivity contribution in [1.29, 1.82) is 0 Å². The van der Waals surface area contributed by atoms with Crippen LogP contribution in [0, 0.1) is 0 Å². The summed E-state index contributed by atoms with van der Waals surface area (Å²) >= 11 is 1.59. The Kier molecular flexibility index (Phi) is 6.08. The summed E-state index contributed by atoms with van der Waals surface area (Å²) in [6.07, 6.45) is 2.75. The van der Waals surface area contributed by atoms with Gasteiger partial charge in [0.25, 0.3) is 5.91 Å². The molecule has 8 heteroatoms. The monoisotopic (exact) mass is 389 g/mol. The van der Waals surface area contributed by atoms with E-state index in [1.165, 1.54) is 12.1 Å². The third kappa shape index (κ3) is 4.12. The molecule has 1 aliphatic heterocycles. The quantitative estimate of drug-likeness (QED) is 0.681. The zero-order chi connectivity index (χ0) is 19.4. The van der Waals surface area contributed by atoms with Gasteiger partial charge in [0.05, 0.1) is 26.0 Å². The van der Waals surface area contributed by atoms with Crippen LogP contribution in [0.15, 0.2) is 45.4 Å². The van der Waals surface area contributed by atoms with Crippen molar-refractivity contribution in [3.8, 4) is 0 Å². The smallest absolute Gasteiger partial charge is 0.323 e. The largest absolute Gasteiger partial charge is 0.468 e. The Morgan fingerprint density at radius 3 is 2.85 bits per heavy atom. The van der Waals surface area contributed by atoms with Crippen LogP contribution in [0.3, 0.4) is 0 Å². The maximum atomic E-state index is 13.0. The zero-order valence-electron chi connectivity index (χ0n) is 15.6. The molecule has 0 aromatic carbocycles. The summed E-state index contributed by atoms with van der Waals surface area (Å²) in [6, 6.07) is 6.99. The standard InChI is InChI=1S/C19H23N3O4S/c1-4-14(19(24)25-3)21(2)12-18(23)22-15(17-8-6-10-27-17)11-13(20-22)16-7-5-9-26-16/h5-10,14-15H,4,11-12H2,1-3H3/t14-,15+/m0/s1. The topological polar surface area (TPSA) is 75.3 Å². The molecule has 0 saturated carbocycles. The van der Waals surface area contributed by atoms with Crippen molar-refractivity contribution >= 4 is 28.9 Å². The molecule has 0 bridgehead atoms. The van der Waals surface area contributed by atoms with Crippen LogP contribution in [-0.4, -0.2) is 54.2 Å². The first kappa shape index (κ1) is 19.3. The van der Waals surface area contributed by atoms with E-state index >= 15 is 0 Å². The molecule has 0 N–H and O–H groups in total. The second-order valence-electron chi connectivity index (χ2n) is 6.36. The SMILES string of the molecule is CC[C@@H](C(=O)OC)N(C)CC(=O)N1N=C(c2ccco2)C[C@@H]1c1cccs1. The summed E-state index contributed by atoms with van der Waals surface area (Å²) in [4.78, 5) is 27.7. The van der Waals surface area contributed by atoms with Gasteiger partial charge in [-0.15, -0.1) is 11.3 Å². The fraction of sp³-hybridized carbons (Fsp3) is 0.421. The number of amides is 1. The second-order valence-corrected chi connectivity index (χ2v) is 7.34. The number of hydrogen-bond acceptors (Lipinski definition) is 7. The molecule has 2 atom stereocenters.